The molecule has 0 unspecified atom stereocenters. The molecule has 70 valence electrons. The standard InChI is InChI=1S/C8H7F2NO2/c1-11(8(12)13)7-3-5(9)2-6(10)4-7/h2-4H,1H3,(H,12,13). The summed E-state index contributed by atoms with van der Waals surface area (Å²) < 4.78 is 25.2. The van der Waals surface area contributed by atoms with Gasteiger partial charge in [-0.3, -0.25) is 4.90 Å². The van der Waals surface area contributed by atoms with Crippen LogP contribution in [0, 0.1) is 11.6 Å². The highest BCUT2D eigenvalue weighted by atomic mass is 19.1. The summed E-state index contributed by atoms with van der Waals surface area (Å²) in [6.07, 6.45) is -1.27. The molecule has 0 fully saturated rings. The van der Waals surface area contributed by atoms with Crippen LogP contribution in [0.4, 0.5) is 19.3 Å². The third-order valence-electron chi connectivity index (χ3n) is 1.52. The molecule has 13 heavy (non-hydrogen) atoms. The van der Waals surface area contributed by atoms with Gasteiger partial charge in [0.25, 0.3) is 0 Å². The lowest BCUT2D eigenvalue weighted by Crippen LogP contribution is -2.23. The fraction of sp³-hybridized carbons (Fsp3) is 0.125. The number of hydrogen-bond donors (Lipinski definition) is 1. The van der Waals surface area contributed by atoms with Crippen molar-refractivity contribution in [2.75, 3.05) is 11.9 Å². The summed E-state index contributed by atoms with van der Waals surface area (Å²) in [6, 6.07) is 2.56. The van der Waals surface area contributed by atoms with Gasteiger partial charge in [-0.1, -0.05) is 0 Å². The summed E-state index contributed by atoms with van der Waals surface area (Å²) in [6.45, 7) is 0. The second kappa shape index (κ2) is 3.38. The number of halogens is 2. The van der Waals surface area contributed by atoms with Crippen LogP contribution in [0.5, 0.6) is 0 Å². The molecule has 1 rings (SSSR count). The van der Waals surface area contributed by atoms with Crippen molar-refractivity contribution >= 4 is 11.8 Å². The van der Waals surface area contributed by atoms with Crippen molar-refractivity contribution in [1.29, 1.82) is 0 Å². The third-order valence-corrected chi connectivity index (χ3v) is 1.52. The van der Waals surface area contributed by atoms with Crippen molar-refractivity contribution in [2.45, 2.75) is 0 Å². The number of carbonyl (C=O) groups is 1. The molecule has 0 radical (unpaired) electrons. The van der Waals surface area contributed by atoms with E-state index in [0.29, 0.717) is 6.07 Å². The number of carboxylic acid groups (broad SMARTS) is 1. The second-order valence-electron chi connectivity index (χ2n) is 2.47. The molecular weight excluding hydrogens is 180 g/mol. The number of anilines is 1. The monoisotopic (exact) mass is 187 g/mol. The van der Waals surface area contributed by atoms with E-state index in [1.807, 2.05) is 0 Å². The van der Waals surface area contributed by atoms with Gasteiger partial charge in [0.2, 0.25) is 0 Å². The minimum Gasteiger partial charge on any atom is -0.465 e. The topological polar surface area (TPSA) is 40.5 Å². The van der Waals surface area contributed by atoms with Gasteiger partial charge in [-0.2, -0.15) is 0 Å². The van der Waals surface area contributed by atoms with Crippen molar-refractivity contribution in [2.24, 2.45) is 0 Å². The average molecular weight is 187 g/mol. The second-order valence-corrected chi connectivity index (χ2v) is 2.47. The summed E-state index contributed by atoms with van der Waals surface area (Å²) in [5.41, 5.74) is -0.0370. The average Bonchev–Trinajstić information content (AvgIpc) is 2.01. The first-order valence-electron chi connectivity index (χ1n) is 3.43. The third kappa shape index (κ3) is 2.14. The van der Waals surface area contributed by atoms with Crippen molar-refractivity contribution in [3.8, 4) is 0 Å². The van der Waals surface area contributed by atoms with Gasteiger partial charge in [-0.15, -0.1) is 0 Å². The Morgan fingerprint density at radius 3 is 2.15 bits per heavy atom. The Bertz CT molecular complexity index is 321. The summed E-state index contributed by atoms with van der Waals surface area (Å²) in [5.74, 6) is -1.61. The number of hydrogen-bond acceptors (Lipinski definition) is 1. The predicted molar refractivity (Wildman–Crippen MR) is 42.8 cm³/mol. The lowest BCUT2D eigenvalue weighted by atomic mass is 10.3. The number of benzene rings is 1. The molecule has 0 aliphatic heterocycles. The molecule has 0 heterocycles. The molecule has 0 saturated carbocycles. The first kappa shape index (κ1) is 9.44. The highest BCUT2D eigenvalue weighted by molar-refractivity contribution is 5.85. The van der Waals surface area contributed by atoms with Crippen molar-refractivity contribution in [1.82, 2.24) is 0 Å². The van der Waals surface area contributed by atoms with Gasteiger partial charge in [-0.05, 0) is 12.1 Å². The van der Waals surface area contributed by atoms with Crippen LogP contribution in [-0.2, 0) is 0 Å². The highest BCUT2D eigenvalue weighted by Crippen LogP contribution is 2.16. The molecule has 0 aliphatic rings. The number of rotatable bonds is 1. The molecule has 0 bridgehead atoms. The summed E-state index contributed by atoms with van der Waals surface area (Å²) in [7, 11) is 1.20. The maximum atomic E-state index is 12.6. The van der Waals surface area contributed by atoms with Gasteiger partial charge < -0.3 is 5.11 Å². The SMILES string of the molecule is CN(C(=O)O)c1cc(F)cc(F)c1. The van der Waals surface area contributed by atoms with E-state index in [0.717, 1.165) is 17.0 Å². The fourth-order valence-corrected chi connectivity index (χ4v) is 0.843. The number of amides is 1. The molecule has 0 atom stereocenters. The molecule has 1 N–H and O–H groups in total. The largest absolute Gasteiger partial charge is 0.465 e. The first-order valence-corrected chi connectivity index (χ1v) is 3.43. The summed E-state index contributed by atoms with van der Waals surface area (Å²) in [4.78, 5) is 11.1. The van der Waals surface area contributed by atoms with E-state index in [1.54, 1.807) is 0 Å². The normalized spacial score (nSPS) is 9.77. The summed E-state index contributed by atoms with van der Waals surface area (Å²) >= 11 is 0. The Hall–Kier alpha value is -1.65. The fourth-order valence-electron chi connectivity index (χ4n) is 0.843. The highest BCUT2D eigenvalue weighted by Gasteiger charge is 2.10. The van der Waals surface area contributed by atoms with Crippen LogP contribution >= 0.6 is 0 Å². The minimum atomic E-state index is -1.27. The lowest BCUT2D eigenvalue weighted by molar-refractivity contribution is 0.203. The Balaban J connectivity index is 3.07. The maximum absolute atomic E-state index is 12.6. The van der Waals surface area contributed by atoms with E-state index in [4.69, 9.17) is 5.11 Å². The van der Waals surface area contributed by atoms with Crippen molar-refractivity contribution in [3.63, 3.8) is 0 Å². The van der Waals surface area contributed by atoms with E-state index < -0.39 is 17.7 Å². The zero-order valence-corrected chi connectivity index (χ0v) is 6.79. The molecule has 0 aromatic heterocycles. The Morgan fingerprint density at radius 1 is 1.31 bits per heavy atom. The van der Waals surface area contributed by atoms with E-state index >= 15 is 0 Å². The van der Waals surface area contributed by atoms with Crippen LogP contribution < -0.4 is 4.90 Å². The Labute approximate surface area is 73.2 Å². The van der Waals surface area contributed by atoms with Gasteiger partial charge in [-0.25, -0.2) is 13.6 Å². The van der Waals surface area contributed by atoms with Crippen LogP contribution in [-0.4, -0.2) is 18.2 Å². The van der Waals surface area contributed by atoms with Crippen molar-refractivity contribution in [3.05, 3.63) is 29.8 Å². The molecule has 3 nitrogen and oxygen atoms in total. The molecule has 1 aromatic carbocycles. The van der Waals surface area contributed by atoms with Crippen LogP contribution in [0.2, 0.25) is 0 Å². The van der Waals surface area contributed by atoms with Gasteiger partial charge >= 0.3 is 6.09 Å². The van der Waals surface area contributed by atoms with Crippen molar-refractivity contribution < 1.29 is 18.7 Å². The molecule has 1 aromatic rings. The van der Waals surface area contributed by atoms with Crippen LogP contribution in [0.1, 0.15) is 0 Å². The molecule has 0 spiro atoms. The smallest absolute Gasteiger partial charge is 0.411 e. The van der Waals surface area contributed by atoms with Gasteiger partial charge in [0.05, 0.1) is 5.69 Å². The number of nitrogens with zero attached hydrogens (tertiary/aromatic N) is 1. The molecule has 0 aliphatic carbocycles. The molecular formula is C8H7F2NO2. The minimum absolute atomic E-state index is 0.0370. The maximum Gasteiger partial charge on any atom is 0.411 e. The van der Waals surface area contributed by atoms with Crippen LogP contribution in [0.15, 0.2) is 18.2 Å². The van der Waals surface area contributed by atoms with Crippen LogP contribution in [0.3, 0.4) is 0 Å². The zero-order chi connectivity index (χ0) is 10.0. The van der Waals surface area contributed by atoms with E-state index in [1.165, 1.54) is 7.05 Å². The van der Waals surface area contributed by atoms with Gasteiger partial charge in [0, 0.05) is 13.1 Å². The predicted octanol–water partition coefficient (Wildman–Crippen LogP) is 2.08. The van der Waals surface area contributed by atoms with Gasteiger partial charge in [0.15, 0.2) is 0 Å². The first-order chi connectivity index (χ1) is 6.00. The Morgan fingerprint density at radius 2 is 1.77 bits per heavy atom. The molecule has 5 heteroatoms. The molecule has 1 amide bonds. The molecule has 0 saturated heterocycles. The van der Waals surface area contributed by atoms with E-state index in [-0.39, 0.29) is 5.69 Å². The Kier molecular flexibility index (Phi) is 2.46. The zero-order valence-electron chi connectivity index (χ0n) is 6.79. The lowest BCUT2D eigenvalue weighted by Gasteiger charge is -2.12. The van der Waals surface area contributed by atoms with Crippen LogP contribution in [0.25, 0.3) is 0 Å². The quantitative estimate of drug-likeness (QED) is 0.731. The summed E-state index contributed by atoms with van der Waals surface area (Å²) in [5, 5.41) is 8.50. The van der Waals surface area contributed by atoms with E-state index in [9.17, 15) is 13.6 Å². The van der Waals surface area contributed by atoms with E-state index in [2.05, 4.69) is 0 Å². The van der Waals surface area contributed by atoms with Gasteiger partial charge in [0.1, 0.15) is 11.6 Å².